The number of amides is 1. The molecule has 1 aliphatic rings. The van der Waals surface area contributed by atoms with Crippen LogP contribution in [0.25, 0.3) is 11.3 Å². The Bertz CT molecular complexity index is 984. The minimum atomic E-state index is -0.300. The van der Waals surface area contributed by atoms with Crippen LogP contribution in [-0.4, -0.2) is 54.8 Å². The first-order chi connectivity index (χ1) is 14.6. The molecule has 2 heterocycles. The highest BCUT2D eigenvalue weighted by molar-refractivity contribution is 7.99. The molecule has 156 valence electrons. The van der Waals surface area contributed by atoms with Crippen LogP contribution >= 0.6 is 11.8 Å². The molecule has 0 bridgehead atoms. The van der Waals surface area contributed by atoms with Gasteiger partial charge >= 0.3 is 0 Å². The number of anilines is 1. The number of piperazine rings is 1. The number of hydrogen-bond donors (Lipinski definition) is 0. The van der Waals surface area contributed by atoms with Gasteiger partial charge in [-0.2, -0.15) is 0 Å². The molecule has 1 amide bonds. The number of methoxy groups -OCH3 is 1. The first-order valence-corrected chi connectivity index (χ1v) is 10.6. The summed E-state index contributed by atoms with van der Waals surface area (Å²) >= 11 is 1.27. The van der Waals surface area contributed by atoms with E-state index in [2.05, 4.69) is 9.88 Å². The minimum Gasteiger partial charge on any atom is -0.497 e. The van der Waals surface area contributed by atoms with Gasteiger partial charge in [-0.3, -0.25) is 4.79 Å². The molecule has 1 saturated heterocycles. The number of ether oxygens (including phenoxy) is 1. The van der Waals surface area contributed by atoms with Gasteiger partial charge in [0.2, 0.25) is 5.91 Å². The second-order valence-electron chi connectivity index (χ2n) is 6.85. The summed E-state index contributed by atoms with van der Waals surface area (Å²) in [6, 6.07) is 14.0. The normalized spacial score (nSPS) is 14.1. The van der Waals surface area contributed by atoms with Crippen molar-refractivity contribution >= 4 is 23.4 Å². The van der Waals surface area contributed by atoms with E-state index >= 15 is 0 Å². The minimum absolute atomic E-state index is 0.0657. The van der Waals surface area contributed by atoms with Crippen LogP contribution in [0.1, 0.15) is 0 Å². The first-order valence-electron chi connectivity index (χ1n) is 9.64. The summed E-state index contributed by atoms with van der Waals surface area (Å²) in [7, 11) is 1.65. The average molecular weight is 428 g/mol. The van der Waals surface area contributed by atoms with Crippen LogP contribution in [0.15, 0.2) is 64.4 Å². The predicted octanol–water partition coefficient (Wildman–Crippen LogP) is 3.93. The van der Waals surface area contributed by atoms with Crippen molar-refractivity contribution in [2.75, 3.05) is 43.9 Å². The Labute approximate surface area is 178 Å². The van der Waals surface area contributed by atoms with E-state index in [0.29, 0.717) is 24.1 Å². The third kappa shape index (κ3) is 4.76. The molecule has 8 heteroatoms. The van der Waals surface area contributed by atoms with Crippen LogP contribution in [0.4, 0.5) is 10.1 Å². The third-order valence-electron chi connectivity index (χ3n) is 5.00. The highest BCUT2D eigenvalue weighted by Crippen LogP contribution is 2.26. The monoisotopic (exact) mass is 427 g/mol. The molecular weight excluding hydrogens is 405 g/mol. The molecule has 0 N–H and O–H groups in total. The van der Waals surface area contributed by atoms with Crippen LogP contribution in [0.3, 0.4) is 0 Å². The second-order valence-corrected chi connectivity index (χ2v) is 7.78. The lowest BCUT2D eigenvalue weighted by molar-refractivity contribution is -0.128. The van der Waals surface area contributed by atoms with Crippen LogP contribution in [-0.2, 0) is 4.79 Å². The van der Waals surface area contributed by atoms with E-state index in [1.807, 2.05) is 29.2 Å². The number of hydrogen-bond acceptors (Lipinski definition) is 6. The zero-order valence-corrected chi connectivity index (χ0v) is 17.4. The molecule has 3 aromatic rings. The summed E-state index contributed by atoms with van der Waals surface area (Å²) in [6.07, 6.45) is 1.59. The largest absolute Gasteiger partial charge is 0.497 e. The van der Waals surface area contributed by atoms with E-state index in [1.54, 1.807) is 25.4 Å². The lowest BCUT2D eigenvalue weighted by Crippen LogP contribution is -2.49. The number of nitrogens with zero attached hydrogens (tertiary/aromatic N) is 3. The quantitative estimate of drug-likeness (QED) is 0.556. The van der Waals surface area contributed by atoms with Gasteiger partial charge in [0.1, 0.15) is 11.6 Å². The molecule has 1 aromatic heterocycles. The fourth-order valence-electron chi connectivity index (χ4n) is 3.29. The smallest absolute Gasteiger partial charge is 0.256 e. The first kappa shape index (κ1) is 20.3. The van der Waals surface area contributed by atoms with Gasteiger partial charge in [0.25, 0.3) is 5.22 Å². The van der Waals surface area contributed by atoms with E-state index in [4.69, 9.17) is 9.15 Å². The van der Waals surface area contributed by atoms with Gasteiger partial charge in [-0.1, -0.05) is 11.8 Å². The highest BCUT2D eigenvalue weighted by atomic mass is 32.2. The zero-order chi connectivity index (χ0) is 20.9. The molecule has 30 heavy (non-hydrogen) atoms. The Hall–Kier alpha value is -3.00. The standard InChI is InChI=1S/C22H22FN3O3S/c1-28-19-8-6-18(7-9-19)25-10-12-26(13-11-25)21(27)15-30-22-24-14-20(29-22)16-2-4-17(23)5-3-16/h2-9,14H,10-13,15H2,1H3. The number of carbonyl (C=O) groups excluding carboxylic acids is 1. The molecule has 1 aliphatic heterocycles. The average Bonchev–Trinajstić information content (AvgIpc) is 3.27. The van der Waals surface area contributed by atoms with E-state index in [9.17, 15) is 9.18 Å². The Morgan fingerprint density at radius 3 is 2.47 bits per heavy atom. The van der Waals surface area contributed by atoms with Crippen molar-refractivity contribution in [3.05, 3.63) is 60.5 Å². The number of halogens is 1. The van der Waals surface area contributed by atoms with E-state index in [0.717, 1.165) is 30.1 Å². The molecule has 0 unspecified atom stereocenters. The van der Waals surface area contributed by atoms with Crippen molar-refractivity contribution in [2.45, 2.75) is 5.22 Å². The number of oxazole rings is 1. The van der Waals surface area contributed by atoms with E-state index < -0.39 is 0 Å². The van der Waals surface area contributed by atoms with Gasteiger partial charge < -0.3 is 19.0 Å². The maximum Gasteiger partial charge on any atom is 0.256 e. The molecule has 4 rings (SSSR count). The van der Waals surface area contributed by atoms with Crippen molar-refractivity contribution in [1.29, 1.82) is 0 Å². The van der Waals surface area contributed by atoms with Crippen LogP contribution in [0.2, 0.25) is 0 Å². The highest BCUT2D eigenvalue weighted by Gasteiger charge is 2.22. The van der Waals surface area contributed by atoms with Crippen LogP contribution in [0, 0.1) is 5.82 Å². The third-order valence-corrected chi connectivity index (χ3v) is 5.83. The molecular formula is C22H22FN3O3S. The molecule has 6 nitrogen and oxygen atoms in total. The molecule has 0 radical (unpaired) electrons. The summed E-state index contributed by atoms with van der Waals surface area (Å²) in [5, 5.41) is 0.430. The van der Waals surface area contributed by atoms with Gasteiger partial charge in [0.05, 0.1) is 19.1 Å². The SMILES string of the molecule is COc1ccc(N2CCN(C(=O)CSc3ncc(-c4ccc(F)cc4)o3)CC2)cc1. The van der Waals surface area contributed by atoms with Crippen LogP contribution in [0.5, 0.6) is 5.75 Å². The summed E-state index contributed by atoms with van der Waals surface area (Å²) in [5.74, 6) is 1.42. The number of thioether (sulfide) groups is 1. The van der Waals surface area contributed by atoms with Gasteiger partial charge in [-0.25, -0.2) is 9.37 Å². The Morgan fingerprint density at radius 2 is 1.80 bits per heavy atom. The maximum absolute atomic E-state index is 13.0. The van der Waals surface area contributed by atoms with Crippen molar-refractivity contribution < 1.29 is 18.3 Å². The molecule has 0 saturated carbocycles. The van der Waals surface area contributed by atoms with Gasteiger partial charge in [-0.15, -0.1) is 0 Å². The van der Waals surface area contributed by atoms with Crippen molar-refractivity contribution in [2.24, 2.45) is 0 Å². The van der Waals surface area contributed by atoms with Crippen molar-refractivity contribution in [3.63, 3.8) is 0 Å². The Morgan fingerprint density at radius 1 is 1.10 bits per heavy atom. The lowest BCUT2D eigenvalue weighted by atomic mass is 10.2. The zero-order valence-electron chi connectivity index (χ0n) is 16.6. The summed E-state index contributed by atoms with van der Waals surface area (Å²) in [5.41, 5.74) is 1.88. The second kappa shape index (κ2) is 9.21. The number of carbonyl (C=O) groups is 1. The summed E-state index contributed by atoms with van der Waals surface area (Å²) in [6.45, 7) is 2.93. The van der Waals surface area contributed by atoms with Gasteiger partial charge in [0.15, 0.2) is 5.76 Å². The Kier molecular flexibility index (Phi) is 6.23. The van der Waals surface area contributed by atoms with Crippen molar-refractivity contribution in [1.82, 2.24) is 9.88 Å². The molecule has 0 atom stereocenters. The number of rotatable bonds is 6. The molecule has 1 fully saturated rings. The van der Waals surface area contributed by atoms with E-state index in [-0.39, 0.29) is 17.5 Å². The molecule has 0 aliphatic carbocycles. The summed E-state index contributed by atoms with van der Waals surface area (Å²) < 4.78 is 23.9. The predicted molar refractivity (Wildman–Crippen MR) is 114 cm³/mol. The Balaban J connectivity index is 1.26. The number of benzene rings is 2. The van der Waals surface area contributed by atoms with Crippen molar-refractivity contribution in [3.8, 4) is 17.1 Å². The van der Waals surface area contributed by atoms with Crippen LogP contribution < -0.4 is 9.64 Å². The lowest BCUT2D eigenvalue weighted by Gasteiger charge is -2.36. The summed E-state index contributed by atoms with van der Waals surface area (Å²) in [4.78, 5) is 20.9. The fourth-order valence-corrected chi connectivity index (χ4v) is 4.00. The number of aromatic nitrogens is 1. The van der Waals surface area contributed by atoms with Gasteiger partial charge in [-0.05, 0) is 48.5 Å². The molecule has 2 aromatic carbocycles. The molecule has 0 spiro atoms. The maximum atomic E-state index is 13.0. The fraction of sp³-hybridized carbons (Fsp3) is 0.273. The van der Waals surface area contributed by atoms with E-state index in [1.165, 1.54) is 23.9 Å². The van der Waals surface area contributed by atoms with Gasteiger partial charge in [0, 0.05) is 37.4 Å². The topological polar surface area (TPSA) is 58.8 Å².